The van der Waals surface area contributed by atoms with Crippen LogP contribution in [0.1, 0.15) is 5.56 Å². The highest BCUT2D eigenvalue weighted by Crippen LogP contribution is 2.27. The number of hydrogen-bond acceptors (Lipinski definition) is 5. The molecule has 1 amide bonds. The molecule has 0 fully saturated rings. The average Bonchev–Trinajstić information content (AvgIpc) is 2.77. The van der Waals surface area contributed by atoms with E-state index in [-0.39, 0.29) is 5.75 Å². The second kappa shape index (κ2) is 9.72. The Bertz CT molecular complexity index is 1040. The zero-order valence-corrected chi connectivity index (χ0v) is 15.5. The minimum Gasteiger partial charge on any atom is -0.481 e. The van der Waals surface area contributed by atoms with E-state index < -0.39 is 25.1 Å². The summed E-state index contributed by atoms with van der Waals surface area (Å²) in [5.41, 5.74) is 2.77. The van der Waals surface area contributed by atoms with Crippen molar-refractivity contribution < 1.29 is 19.1 Å². The first-order valence-corrected chi connectivity index (χ1v) is 8.89. The summed E-state index contributed by atoms with van der Waals surface area (Å²) >= 11 is 0. The van der Waals surface area contributed by atoms with E-state index >= 15 is 0 Å². The van der Waals surface area contributed by atoms with E-state index in [2.05, 4.69) is 5.32 Å². The van der Waals surface area contributed by atoms with E-state index in [0.717, 1.165) is 11.1 Å². The van der Waals surface area contributed by atoms with Crippen LogP contribution in [-0.2, 0) is 14.3 Å². The zero-order chi connectivity index (χ0) is 20.5. The van der Waals surface area contributed by atoms with Gasteiger partial charge in [0.15, 0.2) is 13.2 Å². The van der Waals surface area contributed by atoms with Gasteiger partial charge in [-0.3, -0.25) is 4.79 Å². The lowest BCUT2D eigenvalue weighted by atomic mass is 10.0. The van der Waals surface area contributed by atoms with Gasteiger partial charge in [0.05, 0.1) is 5.56 Å². The lowest BCUT2D eigenvalue weighted by Gasteiger charge is -2.12. The van der Waals surface area contributed by atoms with Gasteiger partial charge < -0.3 is 14.8 Å². The molecule has 0 heterocycles. The molecular formula is C23H18N2O4. The second-order valence-corrected chi connectivity index (χ2v) is 6.02. The molecule has 3 rings (SSSR count). The highest BCUT2D eigenvalue weighted by molar-refractivity contribution is 5.96. The number of amides is 1. The van der Waals surface area contributed by atoms with Crippen LogP contribution in [-0.4, -0.2) is 25.1 Å². The van der Waals surface area contributed by atoms with Crippen molar-refractivity contribution in [3.05, 3.63) is 84.4 Å². The first-order chi connectivity index (χ1) is 14.2. The largest absolute Gasteiger partial charge is 0.481 e. The number of carbonyl (C=O) groups is 2. The van der Waals surface area contributed by atoms with Gasteiger partial charge in [0.25, 0.3) is 5.91 Å². The van der Waals surface area contributed by atoms with Crippen molar-refractivity contribution in [2.45, 2.75) is 0 Å². The average molecular weight is 386 g/mol. The molecule has 3 aromatic carbocycles. The molecule has 0 atom stereocenters. The summed E-state index contributed by atoms with van der Waals surface area (Å²) in [4.78, 5) is 24.1. The minimum absolute atomic E-state index is 0.285. The number of nitriles is 1. The van der Waals surface area contributed by atoms with Crippen molar-refractivity contribution >= 4 is 17.6 Å². The molecule has 0 aromatic heterocycles. The van der Waals surface area contributed by atoms with Gasteiger partial charge in [-0.2, -0.15) is 5.26 Å². The number of ether oxygens (including phenoxy) is 2. The fourth-order valence-corrected chi connectivity index (χ4v) is 2.66. The molecule has 29 heavy (non-hydrogen) atoms. The molecule has 6 heteroatoms. The summed E-state index contributed by atoms with van der Waals surface area (Å²) in [5, 5.41) is 11.8. The molecule has 0 bridgehead atoms. The van der Waals surface area contributed by atoms with Crippen molar-refractivity contribution in [2.75, 3.05) is 18.5 Å². The summed E-state index contributed by atoms with van der Waals surface area (Å²) in [7, 11) is 0. The molecular weight excluding hydrogens is 368 g/mol. The Morgan fingerprint density at radius 3 is 2.34 bits per heavy atom. The van der Waals surface area contributed by atoms with E-state index in [1.54, 1.807) is 30.3 Å². The molecule has 6 nitrogen and oxygen atoms in total. The van der Waals surface area contributed by atoms with Crippen LogP contribution >= 0.6 is 0 Å². The predicted octanol–water partition coefficient (Wildman–Crippen LogP) is 3.79. The van der Waals surface area contributed by atoms with Crippen LogP contribution in [0, 0.1) is 11.3 Å². The number of carbonyl (C=O) groups excluding carboxylic acids is 2. The Kier molecular flexibility index (Phi) is 6.58. The molecule has 0 aliphatic heterocycles. The topological polar surface area (TPSA) is 88.4 Å². The molecule has 0 aliphatic rings. The molecule has 0 spiro atoms. The number of nitrogens with one attached hydrogen (secondary N) is 1. The van der Waals surface area contributed by atoms with Gasteiger partial charge in [-0.25, -0.2) is 4.79 Å². The van der Waals surface area contributed by atoms with Crippen LogP contribution < -0.4 is 10.1 Å². The summed E-state index contributed by atoms with van der Waals surface area (Å²) in [6.07, 6.45) is 0. The Morgan fingerprint density at radius 1 is 0.862 bits per heavy atom. The van der Waals surface area contributed by atoms with Crippen molar-refractivity contribution in [1.29, 1.82) is 5.26 Å². The molecule has 0 saturated heterocycles. The van der Waals surface area contributed by atoms with Gasteiger partial charge in [0.1, 0.15) is 11.8 Å². The van der Waals surface area contributed by atoms with Crippen LogP contribution in [0.2, 0.25) is 0 Å². The van der Waals surface area contributed by atoms with Crippen molar-refractivity contribution in [3.8, 4) is 22.9 Å². The fraction of sp³-hybridized carbons (Fsp3) is 0.0870. The standard InChI is InChI=1S/C23H18N2O4/c24-14-18-10-4-7-13-21(18)28-16-23(27)29-15-22(26)25-20-12-6-5-11-19(20)17-8-2-1-3-9-17/h1-13H,15-16H2,(H,25,26). The van der Waals surface area contributed by atoms with Gasteiger partial charge in [0.2, 0.25) is 0 Å². The quantitative estimate of drug-likeness (QED) is 0.624. The molecule has 0 radical (unpaired) electrons. The molecule has 0 saturated carbocycles. The summed E-state index contributed by atoms with van der Waals surface area (Å²) in [5.74, 6) is -0.878. The number of esters is 1. The van der Waals surface area contributed by atoms with Crippen molar-refractivity contribution in [2.24, 2.45) is 0 Å². The van der Waals surface area contributed by atoms with Crippen LogP contribution in [0.15, 0.2) is 78.9 Å². The third-order valence-electron chi connectivity index (χ3n) is 4.00. The molecule has 0 aliphatic carbocycles. The molecule has 3 aromatic rings. The van der Waals surface area contributed by atoms with Crippen LogP contribution in [0.3, 0.4) is 0 Å². The Hall–Kier alpha value is -4.11. The van der Waals surface area contributed by atoms with E-state index in [0.29, 0.717) is 11.3 Å². The van der Waals surface area contributed by atoms with E-state index in [1.807, 2.05) is 54.6 Å². The van der Waals surface area contributed by atoms with Crippen LogP contribution in [0.25, 0.3) is 11.1 Å². The van der Waals surface area contributed by atoms with Gasteiger partial charge in [-0.05, 0) is 23.8 Å². The van der Waals surface area contributed by atoms with E-state index in [9.17, 15) is 9.59 Å². The minimum atomic E-state index is -0.704. The maximum atomic E-state index is 12.2. The zero-order valence-electron chi connectivity index (χ0n) is 15.5. The molecule has 0 unspecified atom stereocenters. The third kappa shape index (κ3) is 5.44. The number of para-hydroxylation sites is 2. The lowest BCUT2D eigenvalue weighted by molar-refractivity contribution is -0.149. The van der Waals surface area contributed by atoms with Crippen molar-refractivity contribution in [3.63, 3.8) is 0 Å². The van der Waals surface area contributed by atoms with Crippen molar-refractivity contribution in [1.82, 2.24) is 0 Å². The monoisotopic (exact) mass is 386 g/mol. The lowest BCUT2D eigenvalue weighted by Crippen LogP contribution is -2.24. The number of nitrogens with zero attached hydrogens (tertiary/aromatic N) is 1. The van der Waals surface area contributed by atoms with Crippen LogP contribution in [0.5, 0.6) is 5.75 Å². The summed E-state index contributed by atoms with van der Waals surface area (Å²) in [6, 6.07) is 25.6. The van der Waals surface area contributed by atoms with E-state index in [1.165, 1.54) is 0 Å². The van der Waals surface area contributed by atoms with Gasteiger partial charge in [-0.15, -0.1) is 0 Å². The number of hydrogen-bond donors (Lipinski definition) is 1. The van der Waals surface area contributed by atoms with Gasteiger partial charge >= 0.3 is 5.97 Å². The number of anilines is 1. The van der Waals surface area contributed by atoms with Crippen LogP contribution in [0.4, 0.5) is 5.69 Å². The molecule has 1 N–H and O–H groups in total. The van der Waals surface area contributed by atoms with Gasteiger partial charge in [0, 0.05) is 11.3 Å². The maximum absolute atomic E-state index is 12.2. The summed E-state index contributed by atoms with van der Waals surface area (Å²) < 4.78 is 10.2. The first-order valence-electron chi connectivity index (χ1n) is 8.89. The molecule has 144 valence electrons. The number of benzene rings is 3. The Labute approximate surface area is 168 Å². The van der Waals surface area contributed by atoms with Gasteiger partial charge in [-0.1, -0.05) is 60.7 Å². The Balaban J connectivity index is 1.53. The third-order valence-corrected chi connectivity index (χ3v) is 4.00. The smallest absolute Gasteiger partial charge is 0.344 e. The maximum Gasteiger partial charge on any atom is 0.344 e. The van der Waals surface area contributed by atoms with E-state index in [4.69, 9.17) is 14.7 Å². The SMILES string of the molecule is N#Cc1ccccc1OCC(=O)OCC(=O)Nc1ccccc1-c1ccccc1. The normalized spacial score (nSPS) is 9.90. The second-order valence-electron chi connectivity index (χ2n) is 6.02. The highest BCUT2D eigenvalue weighted by atomic mass is 16.6. The predicted molar refractivity (Wildman–Crippen MR) is 108 cm³/mol. The Morgan fingerprint density at radius 2 is 1.55 bits per heavy atom. The first kappa shape index (κ1) is 19.6. The summed E-state index contributed by atoms with van der Waals surface area (Å²) in [6.45, 7) is -0.836. The number of rotatable bonds is 7. The highest BCUT2D eigenvalue weighted by Gasteiger charge is 2.12. The fourth-order valence-electron chi connectivity index (χ4n) is 2.66.